The van der Waals surface area contributed by atoms with Crippen molar-refractivity contribution >= 4 is 11.9 Å². The summed E-state index contributed by atoms with van der Waals surface area (Å²) in [5, 5.41) is 19.8. The van der Waals surface area contributed by atoms with Crippen LogP contribution in [0.25, 0.3) is 0 Å². The summed E-state index contributed by atoms with van der Waals surface area (Å²) in [6.45, 7) is 2.86. The van der Waals surface area contributed by atoms with Gasteiger partial charge in [-0.15, -0.1) is 0 Å². The van der Waals surface area contributed by atoms with E-state index in [0.717, 1.165) is 0 Å². The molecule has 0 fully saturated rings. The van der Waals surface area contributed by atoms with Gasteiger partial charge >= 0.3 is 5.97 Å². The number of hydrogen-bond acceptors (Lipinski definition) is 3. The molecule has 0 aromatic rings. The molecule has 0 saturated heterocycles. The van der Waals surface area contributed by atoms with E-state index in [4.69, 9.17) is 10.2 Å². The second kappa shape index (κ2) is 4.71. The first kappa shape index (κ1) is 10.9. The van der Waals surface area contributed by atoms with Crippen molar-refractivity contribution in [2.75, 3.05) is 0 Å². The number of aliphatic carboxylic acids is 1. The summed E-state index contributed by atoms with van der Waals surface area (Å²) in [6, 6.07) is -0.529. The summed E-state index contributed by atoms with van der Waals surface area (Å²) in [6.07, 6.45) is -1.40. The highest BCUT2D eigenvalue weighted by Crippen LogP contribution is 1.97. The number of carbonyl (C=O) groups excluding carboxylic acids is 1. The molecule has 5 heteroatoms. The van der Waals surface area contributed by atoms with Gasteiger partial charge in [0, 0.05) is 6.92 Å². The molecule has 0 radical (unpaired) electrons. The molecule has 3 N–H and O–H groups in total. The van der Waals surface area contributed by atoms with E-state index in [-0.39, 0.29) is 12.3 Å². The van der Waals surface area contributed by atoms with Gasteiger partial charge in [0.2, 0.25) is 5.91 Å². The van der Waals surface area contributed by atoms with Crippen LogP contribution in [0.2, 0.25) is 0 Å². The third kappa shape index (κ3) is 4.68. The molecule has 0 spiro atoms. The van der Waals surface area contributed by atoms with E-state index in [0.29, 0.717) is 0 Å². The highest BCUT2D eigenvalue weighted by atomic mass is 16.4. The molecule has 2 atom stereocenters. The van der Waals surface area contributed by atoms with Crippen molar-refractivity contribution in [3.63, 3.8) is 0 Å². The Hall–Kier alpha value is -1.10. The fourth-order valence-corrected chi connectivity index (χ4v) is 0.772. The summed E-state index contributed by atoms with van der Waals surface area (Å²) in [5.74, 6) is -1.37. The topological polar surface area (TPSA) is 86.6 Å². The van der Waals surface area contributed by atoms with Crippen LogP contribution < -0.4 is 5.32 Å². The molecule has 0 aromatic carbocycles. The molecular formula is C7H13NO4. The van der Waals surface area contributed by atoms with Gasteiger partial charge in [0.05, 0.1) is 18.6 Å². The average Bonchev–Trinajstić information content (AvgIpc) is 1.84. The fraction of sp³-hybridized carbons (Fsp3) is 0.714. The van der Waals surface area contributed by atoms with E-state index in [1.807, 2.05) is 0 Å². The van der Waals surface area contributed by atoms with Gasteiger partial charge in [-0.1, -0.05) is 0 Å². The van der Waals surface area contributed by atoms with Crippen molar-refractivity contribution in [2.24, 2.45) is 0 Å². The number of rotatable bonds is 4. The zero-order valence-electron chi connectivity index (χ0n) is 7.07. The smallest absolute Gasteiger partial charge is 0.306 e. The maximum absolute atomic E-state index is 10.5. The largest absolute Gasteiger partial charge is 0.481 e. The molecule has 0 bridgehead atoms. The fourth-order valence-electron chi connectivity index (χ4n) is 0.772. The third-order valence-electron chi connectivity index (χ3n) is 1.39. The quantitative estimate of drug-likeness (QED) is 0.529. The lowest BCUT2D eigenvalue weighted by Crippen LogP contribution is -2.40. The Kier molecular flexibility index (Phi) is 4.28. The van der Waals surface area contributed by atoms with Crippen LogP contribution in [0.5, 0.6) is 0 Å². The first-order valence-corrected chi connectivity index (χ1v) is 3.60. The van der Waals surface area contributed by atoms with Crippen LogP contribution in [0.1, 0.15) is 20.3 Å². The molecule has 0 saturated carbocycles. The Morgan fingerprint density at radius 2 is 2.00 bits per heavy atom. The van der Waals surface area contributed by atoms with Crippen LogP contribution in [0.4, 0.5) is 0 Å². The Morgan fingerprint density at radius 3 is 2.33 bits per heavy atom. The van der Waals surface area contributed by atoms with Crippen molar-refractivity contribution < 1.29 is 19.8 Å². The highest BCUT2D eigenvalue weighted by molar-refractivity contribution is 5.73. The molecule has 5 nitrogen and oxygen atoms in total. The number of aliphatic hydroxyl groups is 1. The number of carboxylic acids is 1. The standard InChI is InChI=1S/C7H13NO4/c1-4(8-5(2)9)6(10)3-7(11)12/h4,6,10H,3H2,1-2H3,(H,8,9)(H,11,12)/t4?,6-/m1/s1. The maximum Gasteiger partial charge on any atom is 0.306 e. The Labute approximate surface area is 70.4 Å². The van der Waals surface area contributed by atoms with Crippen LogP contribution in [0.3, 0.4) is 0 Å². The lowest BCUT2D eigenvalue weighted by molar-refractivity contribution is -0.140. The van der Waals surface area contributed by atoms with E-state index >= 15 is 0 Å². The molecule has 0 heterocycles. The minimum Gasteiger partial charge on any atom is -0.481 e. The molecule has 0 aliphatic heterocycles. The van der Waals surface area contributed by atoms with E-state index < -0.39 is 18.1 Å². The summed E-state index contributed by atoms with van der Waals surface area (Å²) >= 11 is 0. The molecule has 70 valence electrons. The third-order valence-corrected chi connectivity index (χ3v) is 1.39. The van der Waals surface area contributed by atoms with Gasteiger partial charge in [0.25, 0.3) is 0 Å². The summed E-state index contributed by atoms with van der Waals surface area (Å²) in [5.41, 5.74) is 0. The van der Waals surface area contributed by atoms with Crippen LogP contribution in [-0.2, 0) is 9.59 Å². The highest BCUT2D eigenvalue weighted by Gasteiger charge is 2.17. The Balaban J connectivity index is 3.83. The molecule has 1 unspecified atom stereocenters. The van der Waals surface area contributed by atoms with Crippen LogP contribution >= 0.6 is 0 Å². The van der Waals surface area contributed by atoms with Crippen molar-refractivity contribution in [1.29, 1.82) is 0 Å². The van der Waals surface area contributed by atoms with Crippen molar-refractivity contribution in [3.8, 4) is 0 Å². The van der Waals surface area contributed by atoms with Gasteiger partial charge in [-0.05, 0) is 6.92 Å². The van der Waals surface area contributed by atoms with E-state index in [1.54, 1.807) is 6.92 Å². The van der Waals surface area contributed by atoms with Crippen LogP contribution in [0, 0.1) is 0 Å². The first-order chi connectivity index (χ1) is 5.43. The van der Waals surface area contributed by atoms with E-state index in [1.165, 1.54) is 6.92 Å². The van der Waals surface area contributed by atoms with Crippen molar-refractivity contribution in [2.45, 2.75) is 32.4 Å². The number of carboxylic acid groups (broad SMARTS) is 1. The number of carbonyl (C=O) groups is 2. The van der Waals surface area contributed by atoms with Gasteiger partial charge in [0.15, 0.2) is 0 Å². The summed E-state index contributed by atoms with van der Waals surface area (Å²) in [4.78, 5) is 20.6. The lowest BCUT2D eigenvalue weighted by atomic mass is 10.1. The van der Waals surface area contributed by atoms with Gasteiger partial charge in [-0.2, -0.15) is 0 Å². The van der Waals surface area contributed by atoms with Crippen LogP contribution in [0.15, 0.2) is 0 Å². The number of hydrogen-bond donors (Lipinski definition) is 3. The predicted octanol–water partition coefficient (Wildman–Crippen LogP) is -0.653. The van der Waals surface area contributed by atoms with Gasteiger partial charge in [-0.25, -0.2) is 0 Å². The van der Waals surface area contributed by atoms with Gasteiger partial charge < -0.3 is 15.5 Å². The minimum absolute atomic E-state index is 0.285. The lowest BCUT2D eigenvalue weighted by Gasteiger charge is -2.17. The second-order valence-corrected chi connectivity index (χ2v) is 2.65. The number of aliphatic hydroxyl groups excluding tert-OH is 1. The minimum atomic E-state index is -1.08. The molecule has 0 aromatic heterocycles. The monoisotopic (exact) mass is 175 g/mol. The van der Waals surface area contributed by atoms with E-state index in [2.05, 4.69) is 5.32 Å². The predicted molar refractivity (Wildman–Crippen MR) is 41.5 cm³/mol. The Morgan fingerprint density at radius 1 is 1.50 bits per heavy atom. The van der Waals surface area contributed by atoms with Gasteiger partial charge in [0.1, 0.15) is 0 Å². The van der Waals surface area contributed by atoms with E-state index in [9.17, 15) is 9.59 Å². The normalized spacial score (nSPS) is 14.9. The maximum atomic E-state index is 10.5. The SMILES string of the molecule is CC(=O)NC(C)[C@H](O)CC(=O)O. The number of nitrogens with one attached hydrogen (secondary N) is 1. The number of amides is 1. The van der Waals surface area contributed by atoms with Gasteiger partial charge in [-0.3, -0.25) is 9.59 Å². The molecule has 0 aliphatic carbocycles. The zero-order valence-corrected chi connectivity index (χ0v) is 7.07. The molecule has 0 rings (SSSR count). The van der Waals surface area contributed by atoms with Crippen molar-refractivity contribution in [1.82, 2.24) is 5.32 Å². The van der Waals surface area contributed by atoms with Crippen molar-refractivity contribution in [3.05, 3.63) is 0 Å². The average molecular weight is 175 g/mol. The molecular weight excluding hydrogens is 162 g/mol. The zero-order chi connectivity index (χ0) is 9.72. The summed E-state index contributed by atoms with van der Waals surface area (Å²) < 4.78 is 0. The molecule has 0 aliphatic rings. The molecule has 1 amide bonds. The first-order valence-electron chi connectivity index (χ1n) is 3.60. The second-order valence-electron chi connectivity index (χ2n) is 2.65. The summed E-state index contributed by atoms with van der Waals surface area (Å²) in [7, 11) is 0. The molecule has 12 heavy (non-hydrogen) atoms. The Bertz CT molecular complexity index is 160. The van der Waals surface area contributed by atoms with Crippen LogP contribution in [-0.4, -0.2) is 34.2 Å².